The van der Waals surface area contributed by atoms with E-state index in [-0.39, 0.29) is 37.5 Å². The van der Waals surface area contributed by atoms with Gasteiger partial charge in [0.1, 0.15) is 13.2 Å². The zero-order valence-electron chi connectivity index (χ0n) is 43.2. The number of esters is 3. The molecule has 0 aromatic rings. The van der Waals surface area contributed by atoms with Gasteiger partial charge in [0.05, 0.1) is 0 Å². The second kappa shape index (κ2) is 54.2. The van der Waals surface area contributed by atoms with E-state index >= 15 is 0 Å². The molecule has 0 heterocycles. The van der Waals surface area contributed by atoms with Gasteiger partial charge in [-0.15, -0.1) is 0 Å². The molecule has 6 heteroatoms. The molecule has 0 N–H and O–H groups in total. The van der Waals surface area contributed by atoms with Crippen LogP contribution in [-0.2, 0) is 28.6 Å². The van der Waals surface area contributed by atoms with Crippen molar-refractivity contribution in [3.8, 4) is 0 Å². The molecule has 378 valence electrons. The van der Waals surface area contributed by atoms with Crippen LogP contribution >= 0.6 is 0 Å². The zero-order chi connectivity index (χ0) is 47.9. The minimum atomic E-state index is -0.819. The fourth-order valence-electron chi connectivity index (χ4n) is 7.51. The largest absolute Gasteiger partial charge is 0.462 e. The predicted molar refractivity (Wildman–Crippen MR) is 284 cm³/mol. The predicted octanol–water partition coefficient (Wildman–Crippen LogP) is 18.4. The van der Waals surface area contributed by atoms with E-state index in [0.717, 1.165) is 83.5 Å². The van der Waals surface area contributed by atoms with E-state index in [9.17, 15) is 14.4 Å². The lowest BCUT2D eigenvalue weighted by molar-refractivity contribution is -0.167. The van der Waals surface area contributed by atoms with Crippen molar-refractivity contribution >= 4 is 17.9 Å². The first-order valence-corrected chi connectivity index (χ1v) is 27.6. The molecule has 0 aliphatic rings. The molecule has 0 aliphatic heterocycles. The molecule has 0 saturated heterocycles. The molecule has 1 unspecified atom stereocenters. The molecule has 0 amide bonds. The van der Waals surface area contributed by atoms with Crippen LogP contribution in [0.1, 0.15) is 258 Å². The standard InChI is InChI=1S/C60H102O6/c1-4-7-10-13-16-19-22-25-27-29-30-32-33-35-38-41-44-47-50-53-59(62)65-56-57(55-64-58(61)52-49-46-43-40-37-24-21-18-15-12-9-6-3)66-60(63)54-51-48-45-42-39-36-34-31-28-26-23-20-17-14-11-8-5-2/h9,12,17-18,20-21,26,28,34,36-37,40,42,45,57H,4-8,10-11,13-16,19,22-25,27,29-33,35,38-39,41,43-44,46-56H2,1-3H3/b12-9-,20-17-,21-18-,28-26-,36-34-,40-37-,45-42-. The number of rotatable bonds is 49. The van der Waals surface area contributed by atoms with Crippen molar-refractivity contribution < 1.29 is 28.6 Å². The summed E-state index contributed by atoms with van der Waals surface area (Å²) in [5.74, 6) is -1.00. The topological polar surface area (TPSA) is 78.9 Å². The highest BCUT2D eigenvalue weighted by Gasteiger charge is 2.19. The number of ether oxygens (including phenoxy) is 3. The van der Waals surface area contributed by atoms with Crippen molar-refractivity contribution in [1.82, 2.24) is 0 Å². The Hall–Kier alpha value is -3.41. The molecule has 0 saturated carbocycles. The normalized spacial score (nSPS) is 12.7. The molecule has 6 nitrogen and oxygen atoms in total. The molecular weight excluding hydrogens is 817 g/mol. The van der Waals surface area contributed by atoms with Gasteiger partial charge in [-0.1, -0.05) is 234 Å². The highest BCUT2D eigenvalue weighted by Crippen LogP contribution is 2.16. The van der Waals surface area contributed by atoms with Gasteiger partial charge in [-0.3, -0.25) is 14.4 Å². The van der Waals surface area contributed by atoms with Gasteiger partial charge >= 0.3 is 17.9 Å². The quantitative estimate of drug-likeness (QED) is 0.0262. The number of unbranched alkanes of at least 4 members (excludes halogenated alkanes) is 24. The minimum absolute atomic E-state index is 0.109. The van der Waals surface area contributed by atoms with Gasteiger partial charge in [0.15, 0.2) is 6.10 Å². The van der Waals surface area contributed by atoms with Crippen molar-refractivity contribution in [2.24, 2.45) is 0 Å². The molecule has 0 rings (SSSR count). The third-order valence-electron chi connectivity index (χ3n) is 11.6. The number of carbonyl (C=O) groups is 3. The van der Waals surface area contributed by atoms with Crippen LogP contribution in [0.15, 0.2) is 85.1 Å². The van der Waals surface area contributed by atoms with E-state index in [1.807, 2.05) is 0 Å². The summed E-state index contributed by atoms with van der Waals surface area (Å²) < 4.78 is 16.7. The average molecular weight is 919 g/mol. The van der Waals surface area contributed by atoms with Crippen LogP contribution in [0.2, 0.25) is 0 Å². The van der Waals surface area contributed by atoms with Crippen LogP contribution in [0.4, 0.5) is 0 Å². The number of carbonyl (C=O) groups excluding carboxylic acids is 3. The average Bonchev–Trinajstić information content (AvgIpc) is 3.31. The maximum absolute atomic E-state index is 12.8. The molecule has 0 aliphatic carbocycles. The lowest BCUT2D eigenvalue weighted by atomic mass is 10.0. The van der Waals surface area contributed by atoms with Gasteiger partial charge in [0.25, 0.3) is 0 Å². The van der Waals surface area contributed by atoms with Gasteiger partial charge in [0.2, 0.25) is 0 Å². The number of allylic oxidation sites excluding steroid dienone is 14. The van der Waals surface area contributed by atoms with Crippen molar-refractivity contribution in [2.75, 3.05) is 13.2 Å². The molecule has 0 spiro atoms. The molecular formula is C60H102O6. The van der Waals surface area contributed by atoms with Gasteiger partial charge in [-0.05, 0) is 89.9 Å². The van der Waals surface area contributed by atoms with Gasteiger partial charge in [-0.25, -0.2) is 0 Å². The first-order chi connectivity index (χ1) is 32.5. The van der Waals surface area contributed by atoms with E-state index in [2.05, 4.69) is 106 Å². The summed E-state index contributed by atoms with van der Waals surface area (Å²) >= 11 is 0. The summed E-state index contributed by atoms with van der Waals surface area (Å²) in [6, 6.07) is 0. The van der Waals surface area contributed by atoms with E-state index in [4.69, 9.17) is 14.2 Å². The fourth-order valence-corrected chi connectivity index (χ4v) is 7.51. The summed E-state index contributed by atoms with van der Waals surface area (Å²) in [5.41, 5.74) is 0. The Morgan fingerprint density at radius 3 is 1.00 bits per heavy atom. The molecule has 0 radical (unpaired) electrons. The van der Waals surface area contributed by atoms with E-state index in [0.29, 0.717) is 19.3 Å². The van der Waals surface area contributed by atoms with Crippen molar-refractivity contribution in [3.05, 3.63) is 85.1 Å². The monoisotopic (exact) mass is 919 g/mol. The SMILES string of the molecule is CC/C=C\C/C=C\C/C=C\CCCCC(=O)OCC(COC(=O)CCCCCCCCCCCCCCCCCCCCC)OC(=O)CCC/C=C\C/C=C\C/C=C\C/C=C\CCCCC. The van der Waals surface area contributed by atoms with Crippen LogP contribution in [-0.4, -0.2) is 37.2 Å². The molecule has 0 bridgehead atoms. The van der Waals surface area contributed by atoms with Crippen LogP contribution in [0.25, 0.3) is 0 Å². The molecule has 0 aromatic carbocycles. The highest BCUT2D eigenvalue weighted by atomic mass is 16.6. The highest BCUT2D eigenvalue weighted by molar-refractivity contribution is 5.71. The fraction of sp³-hybridized carbons (Fsp3) is 0.717. The summed E-state index contributed by atoms with van der Waals surface area (Å²) in [4.78, 5) is 38.0. The Morgan fingerprint density at radius 1 is 0.318 bits per heavy atom. The van der Waals surface area contributed by atoms with Crippen LogP contribution < -0.4 is 0 Å². The smallest absolute Gasteiger partial charge is 0.306 e. The van der Waals surface area contributed by atoms with E-state index in [1.165, 1.54) is 128 Å². The summed E-state index contributed by atoms with van der Waals surface area (Å²) in [5, 5.41) is 0. The van der Waals surface area contributed by atoms with Crippen LogP contribution in [0.5, 0.6) is 0 Å². The van der Waals surface area contributed by atoms with Crippen molar-refractivity contribution in [2.45, 2.75) is 264 Å². The van der Waals surface area contributed by atoms with Crippen molar-refractivity contribution in [3.63, 3.8) is 0 Å². The van der Waals surface area contributed by atoms with Crippen LogP contribution in [0.3, 0.4) is 0 Å². The van der Waals surface area contributed by atoms with Gasteiger partial charge < -0.3 is 14.2 Å². The third kappa shape index (κ3) is 51.6. The lowest BCUT2D eigenvalue weighted by Crippen LogP contribution is -2.30. The first-order valence-electron chi connectivity index (χ1n) is 27.6. The van der Waals surface area contributed by atoms with Gasteiger partial charge in [-0.2, -0.15) is 0 Å². The number of hydrogen-bond acceptors (Lipinski definition) is 6. The Balaban J connectivity index is 4.45. The summed E-state index contributed by atoms with van der Waals surface area (Å²) in [7, 11) is 0. The maximum atomic E-state index is 12.8. The molecule has 66 heavy (non-hydrogen) atoms. The Bertz CT molecular complexity index is 1290. The van der Waals surface area contributed by atoms with E-state index in [1.54, 1.807) is 0 Å². The Labute approximate surface area is 407 Å². The van der Waals surface area contributed by atoms with Gasteiger partial charge in [0, 0.05) is 19.3 Å². The van der Waals surface area contributed by atoms with Crippen molar-refractivity contribution in [1.29, 1.82) is 0 Å². The Kier molecular flexibility index (Phi) is 51.4. The lowest BCUT2D eigenvalue weighted by Gasteiger charge is -2.18. The molecule has 0 aromatic heterocycles. The second-order valence-corrected chi connectivity index (χ2v) is 18.1. The summed E-state index contributed by atoms with van der Waals surface area (Å²) in [6.45, 7) is 6.43. The Morgan fingerprint density at radius 2 is 0.606 bits per heavy atom. The summed E-state index contributed by atoms with van der Waals surface area (Å²) in [6.07, 6.45) is 70.2. The second-order valence-electron chi connectivity index (χ2n) is 18.1. The molecule has 1 atom stereocenters. The van der Waals surface area contributed by atoms with E-state index < -0.39 is 6.10 Å². The molecule has 0 fully saturated rings. The maximum Gasteiger partial charge on any atom is 0.306 e. The minimum Gasteiger partial charge on any atom is -0.462 e. The van der Waals surface area contributed by atoms with Crippen LogP contribution in [0, 0.1) is 0 Å². The number of hydrogen-bond donors (Lipinski definition) is 0. The zero-order valence-corrected chi connectivity index (χ0v) is 43.2. The first kappa shape index (κ1) is 62.6. The third-order valence-corrected chi connectivity index (χ3v) is 11.6.